The molecular weight excluding hydrogens is 563 g/mol. The highest BCUT2D eigenvalue weighted by atomic mass is 79.9. The maximum absolute atomic E-state index is 5.84. The fourth-order valence-electron chi connectivity index (χ4n) is 2.41. The third-order valence-electron chi connectivity index (χ3n) is 4.05. The Bertz CT molecular complexity index is 902. The van der Waals surface area contributed by atoms with Gasteiger partial charge < -0.3 is 14.3 Å². The molecule has 0 aliphatic heterocycles. The maximum Gasteiger partial charge on any atom is 0.929 e. The Kier molecular flexibility index (Phi) is 6.15. The summed E-state index contributed by atoms with van der Waals surface area (Å²) in [4.78, 5) is 4.02. The second-order valence-corrected chi connectivity index (χ2v) is 8.56. The van der Waals surface area contributed by atoms with E-state index in [1.54, 1.807) is 0 Å². The van der Waals surface area contributed by atoms with Crippen LogP contribution in [0.1, 0.15) is 34.2 Å². The minimum atomic E-state index is -1.22. The molecule has 0 aliphatic rings. The molecule has 0 bridgehead atoms. The van der Waals surface area contributed by atoms with Gasteiger partial charge in [-0.15, -0.1) is 29.8 Å². The van der Waals surface area contributed by atoms with E-state index in [2.05, 4.69) is 63.1 Å². The van der Waals surface area contributed by atoms with Crippen LogP contribution >= 0.6 is 47.8 Å². The first-order chi connectivity index (χ1) is 13.1. The molecule has 0 spiro atoms. The molecule has 0 fully saturated rings. The van der Waals surface area contributed by atoms with Crippen LogP contribution in [0.3, 0.4) is 0 Å². The van der Waals surface area contributed by atoms with E-state index in [-0.39, 0.29) is 0 Å². The monoisotopic (exact) mass is 578 g/mol. The molecule has 0 radical (unpaired) electrons. The molecule has 3 heterocycles. The summed E-state index contributed by atoms with van der Waals surface area (Å²) in [6.07, 6.45) is 0. The summed E-state index contributed by atoms with van der Waals surface area (Å²) in [7, 11) is -1.22. The van der Waals surface area contributed by atoms with Crippen LogP contribution in [-0.2, 0) is 0 Å². The first-order valence-electron chi connectivity index (χ1n) is 8.26. The molecule has 0 saturated heterocycles. The van der Waals surface area contributed by atoms with Gasteiger partial charge in [0.05, 0.1) is 47.6 Å². The largest absolute Gasteiger partial charge is 0.929 e. The van der Waals surface area contributed by atoms with E-state index in [1.165, 1.54) is 14.5 Å². The first-order valence-corrected chi connectivity index (χ1v) is 10.6. The van der Waals surface area contributed by atoms with Crippen molar-refractivity contribution < 1.29 is 14.3 Å². The smallest absolute Gasteiger partial charge is 0.380 e. The number of nitrogens with zero attached hydrogens (tertiary/aromatic N) is 6. The SMILES string of the molecule is Cc1nn(OB(On2nc(C)c(Br)c2C)On2nc(C)c(Br)c2C)c(C)c1Br. The van der Waals surface area contributed by atoms with E-state index in [4.69, 9.17) is 14.3 Å². The van der Waals surface area contributed by atoms with Crippen molar-refractivity contribution in [1.82, 2.24) is 29.8 Å². The number of hydrogen-bond donors (Lipinski definition) is 0. The number of aryl methyl sites for hydroxylation is 3. The maximum atomic E-state index is 5.84. The number of halogens is 3. The molecule has 0 aliphatic carbocycles. The van der Waals surface area contributed by atoms with Crippen LogP contribution in [0.15, 0.2) is 13.4 Å². The Morgan fingerprint density at radius 2 is 0.821 bits per heavy atom. The van der Waals surface area contributed by atoms with Crippen molar-refractivity contribution in [3.8, 4) is 0 Å². The van der Waals surface area contributed by atoms with Crippen LogP contribution in [-0.4, -0.2) is 37.2 Å². The lowest BCUT2D eigenvalue weighted by molar-refractivity contribution is 0.0349. The van der Waals surface area contributed by atoms with Crippen molar-refractivity contribution >= 4 is 55.1 Å². The Balaban J connectivity index is 1.93. The van der Waals surface area contributed by atoms with Gasteiger partial charge in [-0.05, 0) is 89.3 Å². The molecule has 3 rings (SSSR count). The molecule has 0 unspecified atom stereocenters. The van der Waals surface area contributed by atoms with Gasteiger partial charge in [0.25, 0.3) is 0 Å². The standard InChI is InChI=1S/C15H18BBr3N6O3/c1-7-13(17)10(4)23(20-7)26-16(27-24-11(5)14(18)8(2)21-24)28-25-12(6)15(19)9(3)22-25/h1-6H3. The van der Waals surface area contributed by atoms with Gasteiger partial charge in [-0.25, -0.2) is 0 Å². The molecule has 3 aromatic heterocycles. The van der Waals surface area contributed by atoms with Crippen LogP contribution in [0.4, 0.5) is 0 Å². The number of aromatic nitrogens is 6. The predicted octanol–water partition coefficient (Wildman–Crippen LogP) is 3.09. The summed E-state index contributed by atoms with van der Waals surface area (Å²) >= 11 is 10.4. The quantitative estimate of drug-likeness (QED) is 0.417. The first kappa shape index (κ1) is 21.2. The van der Waals surface area contributed by atoms with E-state index in [1.807, 2.05) is 41.5 Å². The molecule has 9 nitrogen and oxygen atoms in total. The van der Waals surface area contributed by atoms with E-state index in [0.29, 0.717) is 0 Å². The molecule has 0 aromatic carbocycles. The van der Waals surface area contributed by atoms with Crippen LogP contribution in [0.2, 0.25) is 0 Å². The van der Waals surface area contributed by atoms with Crippen LogP contribution in [0.25, 0.3) is 0 Å². The third-order valence-corrected chi connectivity index (χ3v) is 7.49. The van der Waals surface area contributed by atoms with Crippen molar-refractivity contribution in [1.29, 1.82) is 0 Å². The normalized spacial score (nSPS) is 11.0. The summed E-state index contributed by atoms with van der Waals surface area (Å²) < 4.78 is 20.1. The molecule has 13 heteroatoms. The zero-order valence-corrected chi connectivity index (χ0v) is 20.9. The van der Waals surface area contributed by atoms with E-state index in [9.17, 15) is 0 Å². The topological polar surface area (TPSA) is 81.1 Å². The zero-order chi connectivity index (χ0) is 20.7. The Morgan fingerprint density at radius 3 is 1.00 bits per heavy atom. The van der Waals surface area contributed by atoms with Crippen molar-refractivity contribution in [2.45, 2.75) is 41.5 Å². The molecule has 0 amide bonds. The summed E-state index contributed by atoms with van der Waals surface area (Å²) in [5, 5.41) is 13.0. The van der Waals surface area contributed by atoms with Crippen molar-refractivity contribution in [2.24, 2.45) is 0 Å². The van der Waals surface area contributed by atoms with E-state index in [0.717, 1.165) is 47.6 Å². The van der Waals surface area contributed by atoms with Gasteiger partial charge in [0.15, 0.2) is 0 Å². The third kappa shape index (κ3) is 3.97. The highest BCUT2D eigenvalue weighted by molar-refractivity contribution is 9.11. The van der Waals surface area contributed by atoms with Gasteiger partial charge in [-0.2, -0.15) is 0 Å². The van der Waals surface area contributed by atoms with Gasteiger partial charge in [-0.1, -0.05) is 0 Å². The van der Waals surface area contributed by atoms with Crippen molar-refractivity contribution in [3.05, 3.63) is 47.6 Å². The van der Waals surface area contributed by atoms with Gasteiger partial charge in [-0.3, -0.25) is 0 Å². The molecule has 0 saturated carbocycles. The lowest BCUT2D eigenvalue weighted by Crippen LogP contribution is -2.50. The average Bonchev–Trinajstić information content (AvgIpc) is 3.14. The highest BCUT2D eigenvalue weighted by Crippen LogP contribution is 2.21. The number of hydrogen-bond acceptors (Lipinski definition) is 6. The second kappa shape index (κ2) is 8.11. The Labute approximate surface area is 187 Å². The molecule has 3 aromatic rings. The highest BCUT2D eigenvalue weighted by Gasteiger charge is 2.37. The van der Waals surface area contributed by atoms with E-state index >= 15 is 0 Å². The van der Waals surface area contributed by atoms with Crippen LogP contribution in [0.5, 0.6) is 0 Å². The molecular formula is C15H18BBr3N6O3. The summed E-state index contributed by atoms with van der Waals surface area (Å²) in [6, 6.07) is 0. The van der Waals surface area contributed by atoms with Crippen molar-refractivity contribution in [2.75, 3.05) is 0 Å². The summed E-state index contributed by atoms with van der Waals surface area (Å²) in [6.45, 7) is 11.2. The fourth-order valence-corrected chi connectivity index (χ4v) is 3.11. The molecule has 28 heavy (non-hydrogen) atoms. The second-order valence-electron chi connectivity index (χ2n) is 6.18. The Morgan fingerprint density at radius 1 is 0.571 bits per heavy atom. The lowest BCUT2D eigenvalue weighted by atomic mass is 10.3. The summed E-state index contributed by atoms with van der Waals surface area (Å²) in [5.41, 5.74) is 4.62. The van der Waals surface area contributed by atoms with Crippen molar-refractivity contribution in [3.63, 3.8) is 0 Å². The lowest BCUT2D eigenvalue weighted by Gasteiger charge is -2.16. The predicted molar refractivity (Wildman–Crippen MR) is 114 cm³/mol. The zero-order valence-electron chi connectivity index (χ0n) is 16.1. The molecule has 0 atom stereocenters. The van der Waals surface area contributed by atoms with Crippen LogP contribution in [0, 0.1) is 41.5 Å². The van der Waals surface area contributed by atoms with Gasteiger partial charge in [0.1, 0.15) is 0 Å². The minimum absolute atomic E-state index is 0.763. The van der Waals surface area contributed by atoms with Crippen LogP contribution < -0.4 is 14.3 Å². The summed E-state index contributed by atoms with van der Waals surface area (Å²) in [5.74, 6) is 0. The Hall–Kier alpha value is -1.47. The van der Waals surface area contributed by atoms with Gasteiger partial charge in [0, 0.05) is 0 Å². The van der Waals surface area contributed by atoms with E-state index < -0.39 is 7.32 Å². The van der Waals surface area contributed by atoms with Gasteiger partial charge >= 0.3 is 7.32 Å². The molecule has 0 N–H and O–H groups in total. The molecule has 150 valence electrons. The number of rotatable bonds is 6. The van der Waals surface area contributed by atoms with Gasteiger partial charge in [0.2, 0.25) is 0 Å². The average molecular weight is 581 g/mol. The minimum Gasteiger partial charge on any atom is -0.380 e. The fraction of sp³-hybridized carbons (Fsp3) is 0.400.